The summed E-state index contributed by atoms with van der Waals surface area (Å²) < 4.78 is 0. The van der Waals surface area contributed by atoms with Gasteiger partial charge >= 0.3 is 0 Å². The number of nitrogens with zero attached hydrogens (tertiary/aromatic N) is 2. The Labute approximate surface area is 125 Å². The van der Waals surface area contributed by atoms with Gasteiger partial charge in [0.05, 0.1) is 6.17 Å². The first kappa shape index (κ1) is 15.2. The van der Waals surface area contributed by atoms with Gasteiger partial charge in [0.1, 0.15) is 0 Å². The van der Waals surface area contributed by atoms with Crippen molar-refractivity contribution in [3.8, 4) is 11.5 Å². The van der Waals surface area contributed by atoms with Gasteiger partial charge in [-0.05, 0) is 25.1 Å². The highest BCUT2D eigenvalue weighted by Gasteiger charge is 2.19. The molecule has 0 saturated heterocycles. The van der Waals surface area contributed by atoms with Crippen molar-refractivity contribution in [3.63, 3.8) is 0 Å². The van der Waals surface area contributed by atoms with Crippen LogP contribution in [-0.4, -0.2) is 30.0 Å². The molecule has 2 aromatic rings. The number of likely N-dealkylation sites (N-methyl/N-ethyl adjacent to an activating group) is 2. The summed E-state index contributed by atoms with van der Waals surface area (Å²) in [5, 5.41) is 24.0. The minimum atomic E-state index is -0.0925. The summed E-state index contributed by atoms with van der Waals surface area (Å²) in [6, 6.07) is 15.1. The zero-order valence-electron chi connectivity index (χ0n) is 12.4. The molecule has 2 aromatic carbocycles. The van der Waals surface area contributed by atoms with Crippen LogP contribution in [0, 0.1) is 0 Å². The SMILES string of the molecule is CCN(c1ccccc1)C(Cc1cccc(O)c1O)[N]C. The van der Waals surface area contributed by atoms with Gasteiger partial charge in [-0.3, -0.25) is 0 Å². The van der Waals surface area contributed by atoms with Crippen molar-refractivity contribution in [2.24, 2.45) is 0 Å². The van der Waals surface area contributed by atoms with Crippen LogP contribution in [-0.2, 0) is 6.42 Å². The number of anilines is 1. The number of phenols is 2. The van der Waals surface area contributed by atoms with Crippen molar-refractivity contribution in [3.05, 3.63) is 54.1 Å². The lowest BCUT2D eigenvalue weighted by atomic mass is 10.1. The molecule has 0 saturated carbocycles. The molecule has 1 radical (unpaired) electrons. The number of hydrogen-bond donors (Lipinski definition) is 2. The third-order valence-electron chi connectivity index (χ3n) is 3.59. The van der Waals surface area contributed by atoms with E-state index in [4.69, 9.17) is 0 Å². The van der Waals surface area contributed by atoms with Crippen LogP contribution in [0.2, 0.25) is 0 Å². The lowest BCUT2D eigenvalue weighted by Gasteiger charge is -2.32. The third-order valence-corrected chi connectivity index (χ3v) is 3.59. The van der Waals surface area contributed by atoms with Gasteiger partial charge in [-0.15, -0.1) is 0 Å². The van der Waals surface area contributed by atoms with Crippen LogP contribution in [0.5, 0.6) is 11.5 Å². The predicted octanol–water partition coefficient (Wildman–Crippen LogP) is 2.73. The van der Waals surface area contributed by atoms with Crippen molar-refractivity contribution in [2.75, 3.05) is 18.5 Å². The van der Waals surface area contributed by atoms with E-state index in [0.717, 1.165) is 12.2 Å². The molecule has 0 heterocycles. The topological polar surface area (TPSA) is 57.8 Å². The average molecular weight is 285 g/mol. The second-order valence-electron chi connectivity index (χ2n) is 4.85. The van der Waals surface area contributed by atoms with Gasteiger partial charge in [0, 0.05) is 31.3 Å². The second kappa shape index (κ2) is 6.99. The smallest absolute Gasteiger partial charge is 0.160 e. The van der Waals surface area contributed by atoms with Gasteiger partial charge in [-0.25, -0.2) is 5.32 Å². The first-order valence-corrected chi connectivity index (χ1v) is 7.07. The van der Waals surface area contributed by atoms with Crippen molar-refractivity contribution >= 4 is 5.69 Å². The highest BCUT2D eigenvalue weighted by atomic mass is 16.3. The molecular formula is C17H21N2O2. The van der Waals surface area contributed by atoms with Gasteiger partial charge in [0.25, 0.3) is 0 Å². The monoisotopic (exact) mass is 285 g/mol. The predicted molar refractivity (Wildman–Crippen MR) is 84.8 cm³/mol. The molecule has 0 spiro atoms. The number of para-hydroxylation sites is 2. The molecule has 0 bridgehead atoms. The lowest BCUT2D eigenvalue weighted by Crippen LogP contribution is -2.42. The molecule has 0 aliphatic rings. The standard InChI is InChI=1S/C17H21N2O2/c1-3-19(14-9-5-4-6-10-14)16(18-2)12-13-8-7-11-15(20)17(13)21/h4-11,16,20-21H,3,12H2,1-2H3. The molecule has 1 atom stereocenters. The molecule has 4 heteroatoms. The Hall–Kier alpha value is -2.20. The average Bonchev–Trinajstić information content (AvgIpc) is 2.52. The summed E-state index contributed by atoms with van der Waals surface area (Å²) in [5.74, 6) is -0.152. The summed E-state index contributed by atoms with van der Waals surface area (Å²) in [7, 11) is 1.77. The molecular weight excluding hydrogens is 264 g/mol. The first-order valence-electron chi connectivity index (χ1n) is 7.07. The van der Waals surface area contributed by atoms with Gasteiger partial charge in [-0.1, -0.05) is 30.3 Å². The van der Waals surface area contributed by atoms with Crippen LogP contribution in [0.3, 0.4) is 0 Å². The van der Waals surface area contributed by atoms with Crippen LogP contribution in [0.1, 0.15) is 12.5 Å². The van der Waals surface area contributed by atoms with Gasteiger partial charge in [0.15, 0.2) is 11.5 Å². The molecule has 2 N–H and O–H groups in total. The fourth-order valence-electron chi connectivity index (χ4n) is 2.46. The molecule has 0 amide bonds. The van der Waals surface area contributed by atoms with Crippen molar-refractivity contribution in [1.82, 2.24) is 5.32 Å². The summed E-state index contributed by atoms with van der Waals surface area (Å²) in [5.41, 5.74) is 1.79. The Kier molecular flexibility index (Phi) is 5.06. The van der Waals surface area contributed by atoms with Gasteiger partial charge in [-0.2, -0.15) is 0 Å². The number of hydrogen-bond acceptors (Lipinski definition) is 3. The van der Waals surface area contributed by atoms with Crippen LogP contribution >= 0.6 is 0 Å². The van der Waals surface area contributed by atoms with Crippen LogP contribution in [0.4, 0.5) is 5.69 Å². The Morgan fingerprint density at radius 2 is 1.76 bits per heavy atom. The number of aromatic hydroxyl groups is 2. The maximum Gasteiger partial charge on any atom is 0.160 e. The van der Waals surface area contributed by atoms with E-state index in [9.17, 15) is 10.2 Å². The van der Waals surface area contributed by atoms with Crippen LogP contribution in [0.15, 0.2) is 48.5 Å². The first-order chi connectivity index (χ1) is 10.2. The quantitative estimate of drug-likeness (QED) is 0.802. The summed E-state index contributed by atoms with van der Waals surface area (Å²) >= 11 is 0. The molecule has 4 nitrogen and oxygen atoms in total. The Morgan fingerprint density at radius 3 is 2.38 bits per heavy atom. The Balaban J connectivity index is 2.24. The Bertz CT molecular complexity index is 572. The zero-order chi connectivity index (χ0) is 15.2. The highest BCUT2D eigenvalue weighted by Crippen LogP contribution is 2.30. The summed E-state index contributed by atoms with van der Waals surface area (Å²) in [4.78, 5) is 2.17. The molecule has 2 rings (SSSR count). The molecule has 0 fully saturated rings. The normalized spacial score (nSPS) is 12.1. The summed E-state index contributed by atoms with van der Waals surface area (Å²) in [6.07, 6.45) is 0.449. The largest absolute Gasteiger partial charge is 0.504 e. The van der Waals surface area contributed by atoms with E-state index in [1.807, 2.05) is 36.4 Å². The van der Waals surface area contributed by atoms with Crippen molar-refractivity contribution in [2.45, 2.75) is 19.5 Å². The van der Waals surface area contributed by atoms with E-state index in [2.05, 4.69) is 17.1 Å². The van der Waals surface area contributed by atoms with E-state index in [0.29, 0.717) is 12.0 Å². The maximum absolute atomic E-state index is 9.96. The second-order valence-corrected chi connectivity index (χ2v) is 4.85. The third kappa shape index (κ3) is 3.47. The number of phenolic OH excluding ortho intramolecular Hbond substituents is 2. The highest BCUT2D eigenvalue weighted by molar-refractivity contribution is 5.49. The maximum atomic E-state index is 9.96. The van der Waals surface area contributed by atoms with Crippen molar-refractivity contribution < 1.29 is 10.2 Å². The molecule has 0 aliphatic heterocycles. The molecule has 111 valence electrons. The van der Waals surface area contributed by atoms with E-state index in [1.165, 1.54) is 6.07 Å². The van der Waals surface area contributed by atoms with Crippen LogP contribution in [0.25, 0.3) is 0 Å². The zero-order valence-corrected chi connectivity index (χ0v) is 12.4. The minimum absolute atomic E-state index is 0.0599. The lowest BCUT2D eigenvalue weighted by molar-refractivity contribution is 0.395. The fraction of sp³-hybridized carbons (Fsp3) is 0.294. The number of benzene rings is 2. The molecule has 1 unspecified atom stereocenters. The van der Waals surface area contributed by atoms with E-state index in [-0.39, 0.29) is 17.7 Å². The van der Waals surface area contributed by atoms with E-state index < -0.39 is 0 Å². The van der Waals surface area contributed by atoms with E-state index in [1.54, 1.807) is 13.1 Å². The van der Waals surface area contributed by atoms with Gasteiger partial charge in [0.2, 0.25) is 0 Å². The molecule has 0 aromatic heterocycles. The van der Waals surface area contributed by atoms with Crippen molar-refractivity contribution in [1.29, 1.82) is 0 Å². The number of rotatable bonds is 6. The molecule has 0 aliphatic carbocycles. The summed E-state index contributed by atoms with van der Waals surface area (Å²) in [6.45, 7) is 2.89. The van der Waals surface area contributed by atoms with E-state index >= 15 is 0 Å². The van der Waals surface area contributed by atoms with Crippen LogP contribution < -0.4 is 10.2 Å². The molecule has 21 heavy (non-hydrogen) atoms. The Morgan fingerprint density at radius 1 is 1.05 bits per heavy atom. The fourth-order valence-corrected chi connectivity index (χ4v) is 2.46. The van der Waals surface area contributed by atoms with Gasteiger partial charge < -0.3 is 15.1 Å². The minimum Gasteiger partial charge on any atom is -0.504 e.